The summed E-state index contributed by atoms with van der Waals surface area (Å²) in [6.07, 6.45) is 7.64. The van der Waals surface area contributed by atoms with E-state index in [-0.39, 0.29) is 0 Å². The van der Waals surface area contributed by atoms with E-state index in [0.29, 0.717) is 6.04 Å². The summed E-state index contributed by atoms with van der Waals surface area (Å²) in [5, 5.41) is 3.41. The second-order valence-corrected chi connectivity index (χ2v) is 5.82. The standard InChI is InChI=1S/C17H28N2/c1-4-5-14-6-10-16(11-7-14)19(3)17-12-8-15(18-2)9-13-17/h6-7,10-11,15,17-18H,4-5,8-9,12-13H2,1-3H3. The zero-order chi connectivity index (χ0) is 13.7. The Balaban J connectivity index is 1.94. The van der Waals surface area contributed by atoms with E-state index in [9.17, 15) is 0 Å². The van der Waals surface area contributed by atoms with Gasteiger partial charge in [-0.1, -0.05) is 25.5 Å². The maximum Gasteiger partial charge on any atom is 0.0366 e. The van der Waals surface area contributed by atoms with Gasteiger partial charge in [-0.15, -0.1) is 0 Å². The van der Waals surface area contributed by atoms with Crippen LogP contribution >= 0.6 is 0 Å². The molecule has 2 rings (SSSR count). The lowest BCUT2D eigenvalue weighted by atomic mass is 9.90. The molecule has 1 aliphatic rings. The first-order chi connectivity index (χ1) is 9.24. The Hall–Kier alpha value is -1.02. The smallest absolute Gasteiger partial charge is 0.0366 e. The van der Waals surface area contributed by atoms with Gasteiger partial charge in [0, 0.05) is 24.8 Å². The van der Waals surface area contributed by atoms with Crippen LogP contribution in [-0.2, 0) is 6.42 Å². The van der Waals surface area contributed by atoms with Gasteiger partial charge in [-0.05, 0) is 56.8 Å². The van der Waals surface area contributed by atoms with Crippen LogP contribution in [0.3, 0.4) is 0 Å². The molecule has 0 aromatic heterocycles. The van der Waals surface area contributed by atoms with Crippen LogP contribution in [0.1, 0.15) is 44.6 Å². The SMILES string of the molecule is CCCc1ccc(N(C)C2CCC(NC)CC2)cc1. The quantitative estimate of drug-likeness (QED) is 0.870. The minimum atomic E-state index is 0.710. The largest absolute Gasteiger partial charge is 0.372 e. The van der Waals surface area contributed by atoms with Crippen molar-refractivity contribution in [3.05, 3.63) is 29.8 Å². The van der Waals surface area contributed by atoms with Gasteiger partial charge in [0.05, 0.1) is 0 Å². The lowest BCUT2D eigenvalue weighted by Gasteiger charge is -2.36. The van der Waals surface area contributed by atoms with Crippen molar-refractivity contribution in [3.8, 4) is 0 Å². The van der Waals surface area contributed by atoms with Crippen LogP contribution in [0, 0.1) is 0 Å². The Kier molecular flexibility index (Phi) is 5.26. The number of rotatable bonds is 5. The first-order valence-electron chi connectivity index (χ1n) is 7.73. The van der Waals surface area contributed by atoms with Crippen LogP contribution in [0.4, 0.5) is 5.69 Å². The maximum atomic E-state index is 3.41. The minimum Gasteiger partial charge on any atom is -0.372 e. The first kappa shape index (κ1) is 14.4. The Morgan fingerprint density at radius 1 is 1.11 bits per heavy atom. The molecule has 1 aliphatic carbocycles. The molecule has 0 spiro atoms. The van der Waals surface area contributed by atoms with Crippen molar-refractivity contribution in [1.82, 2.24) is 5.32 Å². The summed E-state index contributed by atoms with van der Waals surface area (Å²) < 4.78 is 0. The van der Waals surface area contributed by atoms with Gasteiger partial charge in [0.15, 0.2) is 0 Å². The number of nitrogens with zero attached hydrogens (tertiary/aromatic N) is 1. The third-order valence-electron chi connectivity index (χ3n) is 4.53. The zero-order valence-electron chi connectivity index (χ0n) is 12.7. The fourth-order valence-corrected chi connectivity index (χ4v) is 3.15. The van der Waals surface area contributed by atoms with Gasteiger partial charge < -0.3 is 10.2 Å². The predicted molar refractivity (Wildman–Crippen MR) is 83.9 cm³/mol. The molecule has 19 heavy (non-hydrogen) atoms. The van der Waals surface area contributed by atoms with Crippen molar-refractivity contribution in [1.29, 1.82) is 0 Å². The number of hydrogen-bond donors (Lipinski definition) is 1. The minimum absolute atomic E-state index is 0.710. The average Bonchev–Trinajstić information content (AvgIpc) is 2.48. The molecular formula is C17H28N2. The molecule has 0 unspecified atom stereocenters. The van der Waals surface area contributed by atoms with E-state index in [4.69, 9.17) is 0 Å². The highest BCUT2D eigenvalue weighted by molar-refractivity contribution is 5.48. The third-order valence-corrected chi connectivity index (χ3v) is 4.53. The highest BCUT2D eigenvalue weighted by Gasteiger charge is 2.23. The number of nitrogens with one attached hydrogen (secondary N) is 1. The number of aryl methyl sites for hydroxylation is 1. The zero-order valence-corrected chi connectivity index (χ0v) is 12.7. The van der Waals surface area contributed by atoms with Crippen molar-refractivity contribution in [2.24, 2.45) is 0 Å². The maximum absolute atomic E-state index is 3.41. The summed E-state index contributed by atoms with van der Waals surface area (Å²) >= 11 is 0. The summed E-state index contributed by atoms with van der Waals surface area (Å²) in [6.45, 7) is 2.24. The van der Waals surface area contributed by atoms with Gasteiger partial charge in [-0.25, -0.2) is 0 Å². The second-order valence-electron chi connectivity index (χ2n) is 5.82. The second kappa shape index (κ2) is 6.95. The summed E-state index contributed by atoms with van der Waals surface area (Å²) in [5.41, 5.74) is 2.83. The van der Waals surface area contributed by atoms with E-state index >= 15 is 0 Å². The van der Waals surface area contributed by atoms with Crippen LogP contribution in [0.25, 0.3) is 0 Å². The normalized spacial score (nSPS) is 23.3. The molecule has 1 saturated carbocycles. The van der Waals surface area contributed by atoms with E-state index in [1.165, 1.54) is 49.8 Å². The molecule has 0 radical (unpaired) electrons. The summed E-state index contributed by atoms with van der Waals surface area (Å²) in [7, 11) is 4.33. The molecule has 0 amide bonds. The number of hydrogen-bond acceptors (Lipinski definition) is 2. The Bertz CT molecular complexity index is 363. The van der Waals surface area contributed by atoms with E-state index in [1.807, 2.05) is 0 Å². The van der Waals surface area contributed by atoms with Crippen LogP contribution < -0.4 is 10.2 Å². The Labute approximate surface area is 118 Å². The van der Waals surface area contributed by atoms with E-state index in [2.05, 4.69) is 55.5 Å². The molecule has 2 nitrogen and oxygen atoms in total. The average molecular weight is 260 g/mol. The first-order valence-corrected chi connectivity index (χ1v) is 7.73. The fourth-order valence-electron chi connectivity index (χ4n) is 3.15. The lowest BCUT2D eigenvalue weighted by molar-refractivity contribution is 0.351. The topological polar surface area (TPSA) is 15.3 Å². The van der Waals surface area contributed by atoms with Crippen LogP contribution in [0.5, 0.6) is 0 Å². The molecule has 0 bridgehead atoms. The summed E-state index contributed by atoms with van der Waals surface area (Å²) in [4.78, 5) is 2.47. The third kappa shape index (κ3) is 3.73. The van der Waals surface area contributed by atoms with E-state index < -0.39 is 0 Å². The summed E-state index contributed by atoms with van der Waals surface area (Å²) in [5.74, 6) is 0. The van der Waals surface area contributed by atoms with Gasteiger partial charge in [0.25, 0.3) is 0 Å². The van der Waals surface area contributed by atoms with Crippen LogP contribution in [0.2, 0.25) is 0 Å². The van der Waals surface area contributed by atoms with Crippen molar-refractivity contribution >= 4 is 5.69 Å². The molecule has 1 aromatic carbocycles. The van der Waals surface area contributed by atoms with Crippen molar-refractivity contribution in [2.45, 2.75) is 57.5 Å². The molecule has 0 heterocycles. The molecule has 0 aliphatic heterocycles. The highest BCUT2D eigenvalue weighted by atomic mass is 15.1. The van der Waals surface area contributed by atoms with E-state index in [1.54, 1.807) is 0 Å². The van der Waals surface area contributed by atoms with Gasteiger partial charge in [0.1, 0.15) is 0 Å². The molecule has 1 N–H and O–H groups in total. The van der Waals surface area contributed by atoms with E-state index in [0.717, 1.165) is 6.04 Å². The number of anilines is 1. The molecule has 0 atom stereocenters. The molecule has 2 heteroatoms. The Morgan fingerprint density at radius 2 is 1.74 bits per heavy atom. The van der Waals surface area contributed by atoms with Crippen molar-refractivity contribution in [3.63, 3.8) is 0 Å². The molecular weight excluding hydrogens is 232 g/mol. The van der Waals surface area contributed by atoms with Gasteiger partial charge in [-0.2, -0.15) is 0 Å². The van der Waals surface area contributed by atoms with Crippen molar-refractivity contribution in [2.75, 3.05) is 19.0 Å². The summed E-state index contributed by atoms with van der Waals surface area (Å²) in [6, 6.07) is 10.6. The number of benzene rings is 1. The predicted octanol–water partition coefficient (Wildman–Crippen LogP) is 3.61. The Morgan fingerprint density at radius 3 is 2.26 bits per heavy atom. The molecule has 1 fully saturated rings. The van der Waals surface area contributed by atoms with Crippen LogP contribution in [-0.4, -0.2) is 26.2 Å². The van der Waals surface area contributed by atoms with Gasteiger partial charge in [0.2, 0.25) is 0 Å². The molecule has 0 saturated heterocycles. The lowest BCUT2D eigenvalue weighted by Crippen LogP contribution is -2.39. The van der Waals surface area contributed by atoms with Gasteiger partial charge in [-0.3, -0.25) is 0 Å². The van der Waals surface area contributed by atoms with Gasteiger partial charge >= 0.3 is 0 Å². The molecule has 106 valence electrons. The monoisotopic (exact) mass is 260 g/mol. The molecule has 1 aromatic rings. The fraction of sp³-hybridized carbons (Fsp3) is 0.647. The van der Waals surface area contributed by atoms with Crippen molar-refractivity contribution < 1.29 is 0 Å². The van der Waals surface area contributed by atoms with Crippen LogP contribution in [0.15, 0.2) is 24.3 Å². The highest BCUT2D eigenvalue weighted by Crippen LogP contribution is 2.26.